The quantitative estimate of drug-likeness (QED) is 0.561. The fourth-order valence-electron chi connectivity index (χ4n) is 0.930. The molecule has 3 nitrogen and oxygen atoms in total. The zero-order valence-electron chi connectivity index (χ0n) is 7.43. The van der Waals surface area contributed by atoms with Gasteiger partial charge in [0.25, 0.3) is 0 Å². The Morgan fingerprint density at radius 2 is 2.00 bits per heavy atom. The fraction of sp³-hybridized carbons (Fsp3) is 0.222. The fourth-order valence-corrected chi connectivity index (χ4v) is 0.930. The van der Waals surface area contributed by atoms with Crippen LogP contribution in [-0.4, -0.2) is 20.1 Å². The van der Waals surface area contributed by atoms with Gasteiger partial charge < -0.3 is 9.47 Å². The van der Waals surface area contributed by atoms with E-state index in [0.717, 1.165) is 0 Å². The van der Waals surface area contributed by atoms with Crippen LogP contribution in [0.15, 0.2) is 18.2 Å². The van der Waals surface area contributed by atoms with Crippen molar-refractivity contribution >= 4 is 5.90 Å². The minimum Gasteiger partial charge on any atom is -0.497 e. The molecule has 0 atom stereocenters. The summed E-state index contributed by atoms with van der Waals surface area (Å²) in [5, 5.41) is 7.30. The highest BCUT2D eigenvalue weighted by Crippen LogP contribution is 2.16. The van der Waals surface area contributed by atoms with Gasteiger partial charge in [-0.25, -0.2) is 4.39 Å². The van der Waals surface area contributed by atoms with E-state index in [9.17, 15) is 4.39 Å². The molecule has 1 aromatic carbocycles. The van der Waals surface area contributed by atoms with Crippen molar-refractivity contribution in [2.24, 2.45) is 0 Å². The minimum absolute atomic E-state index is 0.0854. The standard InChI is InChI=1S/C9H10FNO2/c1-12-8-4-6(9(11)13-2)3-7(10)5-8/h3-5,11H,1-2H3. The number of methoxy groups -OCH3 is 2. The smallest absolute Gasteiger partial charge is 0.213 e. The van der Waals surface area contributed by atoms with E-state index in [-0.39, 0.29) is 5.90 Å². The van der Waals surface area contributed by atoms with Crippen LogP contribution in [0, 0.1) is 11.2 Å². The maximum Gasteiger partial charge on any atom is 0.213 e. The maximum absolute atomic E-state index is 12.9. The lowest BCUT2D eigenvalue weighted by Gasteiger charge is -2.05. The Balaban J connectivity index is 3.08. The predicted octanol–water partition coefficient (Wildman–Crippen LogP) is 1.81. The van der Waals surface area contributed by atoms with Crippen molar-refractivity contribution in [2.75, 3.05) is 14.2 Å². The molecule has 0 radical (unpaired) electrons. The molecular formula is C9H10FNO2. The Morgan fingerprint density at radius 3 is 2.54 bits per heavy atom. The number of halogens is 1. The van der Waals surface area contributed by atoms with Crippen LogP contribution in [0.25, 0.3) is 0 Å². The van der Waals surface area contributed by atoms with Crippen molar-refractivity contribution in [1.82, 2.24) is 0 Å². The van der Waals surface area contributed by atoms with E-state index in [4.69, 9.17) is 10.1 Å². The van der Waals surface area contributed by atoms with Gasteiger partial charge in [-0.3, -0.25) is 5.41 Å². The van der Waals surface area contributed by atoms with E-state index in [2.05, 4.69) is 4.74 Å². The molecule has 13 heavy (non-hydrogen) atoms. The van der Waals surface area contributed by atoms with Gasteiger partial charge in [-0.15, -0.1) is 0 Å². The summed E-state index contributed by atoms with van der Waals surface area (Å²) in [7, 11) is 2.80. The first-order valence-electron chi connectivity index (χ1n) is 3.65. The number of ether oxygens (including phenoxy) is 2. The van der Waals surface area contributed by atoms with E-state index >= 15 is 0 Å². The Bertz CT molecular complexity index is 325. The molecule has 1 rings (SSSR count). The van der Waals surface area contributed by atoms with E-state index in [1.807, 2.05) is 0 Å². The molecule has 0 amide bonds. The number of nitrogens with one attached hydrogen (secondary N) is 1. The highest BCUT2D eigenvalue weighted by molar-refractivity contribution is 5.91. The molecule has 4 heteroatoms. The molecule has 0 saturated heterocycles. The summed E-state index contributed by atoms with van der Waals surface area (Å²) in [6.07, 6.45) is 0. The molecule has 0 bridgehead atoms. The van der Waals surface area contributed by atoms with Crippen LogP contribution in [-0.2, 0) is 4.74 Å². The van der Waals surface area contributed by atoms with Crippen LogP contribution in [0.4, 0.5) is 4.39 Å². The third-order valence-electron chi connectivity index (χ3n) is 1.57. The van der Waals surface area contributed by atoms with Gasteiger partial charge in [0.2, 0.25) is 5.90 Å². The lowest BCUT2D eigenvalue weighted by molar-refractivity contribution is 0.397. The minimum atomic E-state index is -0.448. The van der Waals surface area contributed by atoms with Gasteiger partial charge in [-0.1, -0.05) is 0 Å². The van der Waals surface area contributed by atoms with Gasteiger partial charge in [0.15, 0.2) is 0 Å². The van der Waals surface area contributed by atoms with Gasteiger partial charge in [0.1, 0.15) is 11.6 Å². The SMILES string of the molecule is COC(=N)c1cc(F)cc(OC)c1. The number of hydrogen-bond acceptors (Lipinski definition) is 3. The van der Waals surface area contributed by atoms with Crippen molar-refractivity contribution in [2.45, 2.75) is 0 Å². The van der Waals surface area contributed by atoms with Crippen LogP contribution < -0.4 is 4.74 Å². The van der Waals surface area contributed by atoms with Gasteiger partial charge in [-0.2, -0.15) is 0 Å². The summed E-state index contributed by atoms with van der Waals surface area (Å²) in [5.74, 6) is -0.161. The third-order valence-corrected chi connectivity index (χ3v) is 1.57. The monoisotopic (exact) mass is 183 g/mol. The van der Waals surface area contributed by atoms with Crippen molar-refractivity contribution in [3.63, 3.8) is 0 Å². The average Bonchev–Trinajstić information content (AvgIpc) is 2.15. The molecule has 0 aliphatic rings. The van der Waals surface area contributed by atoms with Crippen LogP contribution in [0.2, 0.25) is 0 Å². The maximum atomic E-state index is 12.9. The zero-order chi connectivity index (χ0) is 9.84. The molecule has 0 aliphatic heterocycles. The van der Waals surface area contributed by atoms with Gasteiger partial charge in [-0.05, 0) is 12.1 Å². The summed E-state index contributed by atoms with van der Waals surface area (Å²) in [4.78, 5) is 0. The highest BCUT2D eigenvalue weighted by atomic mass is 19.1. The summed E-state index contributed by atoms with van der Waals surface area (Å²) in [6.45, 7) is 0. The van der Waals surface area contributed by atoms with Gasteiger partial charge in [0.05, 0.1) is 14.2 Å². The zero-order valence-corrected chi connectivity index (χ0v) is 7.43. The molecule has 0 aliphatic carbocycles. The largest absolute Gasteiger partial charge is 0.497 e. The first kappa shape index (κ1) is 9.51. The van der Waals surface area contributed by atoms with Crippen LogP contribution in [0.3, 0.4) is 0 Å². The molecule has 0 fully saturated rings. The van der Waals surface area contributed by atoms with Crippen LogP contribution in [0.1, 0.15) is 5.56 Å². The first-order valence-corrected chi connectivity index (χ1v) is 3.65. The van der Waals surface area contributed by atoms with E-state index in [0.29, 0.717) is 11.3 Å². The second kappa shape index (κ2) is 3.89. The third kappa shape index (κ3) is 2.18. The average molecular weight is 183 g/mol. The van der Waals surface area contributed by atoms with Crippen LogP contribution >= 0.6 is 0 Å². The Kier molecular flexibility index (Phi) is 2.84. The molecule has 0 saturated carbocycles. The molecule has 0 aromatic heterocycles. The Hall–Kier alpha value is -1.58. The van der Waals surface area contributed by atoms with Crippen molar-refractivity contribution in [1.29, 1.82) is 5.41 Å². The second-order valence-electron chi connectivity index (χ2n) is 2.41. The molecular weight excluding hydrogens is 173 g/mol. The Labute approximate surface area is 75.6 Å². The number of hydrogen-bond donors (Lipinski definition) is 1. The molecule has 0 heterocycles. The van der Waals surface area contributed by atoms with Crippen LogP contribution in [0.5, 0.6) is 5.75 Å². The summed E-state index contributed by atoms with van der Waals surface area (Å²) >= 11 is 0. The topological polar surface area (TPSA) is 42.3 Å². The van der Waals surface area contributed by atoms with Crippen molar-refractivity contribution in [3.05, 3.63) is 29.6 Å². The molecule has 1 aromatic rings. The molecule has 0 spiro atoms. The lowest BCUT2D eigenvalue weighted by atomic mass is 10.2. The highest BCUT2D eigenvalue weighted by Gasteiger charge is 2.05. The predicted molar refractivity (Wildman–Crippen MR) is 46.8 cm³/mol. The Morgan fingerprint density at radius 1 is 1.31 bits per heavy atom. The normalized spacial score (nSPS) is 9.46. The van der Waals surface area contributed by atoms with E-state index in [1.165, 1.54) is 32.4 Å². The van der Waals surface area contributed by atoms with Gasteiger partial charge >= 0.3 is 0 Å². The molecule has 0 unspecified atom stereocenters. The van der Waals surface area contributed by atoms with E-state index < -0.39 is 5.82 Å². The first-order chi connectivity index (χ1) is 6.17. The summed E-state index contributed by atoms with van der Waals surface area (Å²) in [5.41, 5.74) is 0.361. The number of rotatable bonds is 2. The lowest BCUT2D eigenvalue weighted by Crippen LogP contribution is -2.02. The van der Waals surface area contributed by atoms with E-state index in [1.54, 1.807) is 0 Å². The summed E-state index contributed by atoms with van der Waals surface area (Å²) in [6, 6.07) is 4.00. The summed E-state index contributed by atoms with van der Waals surface area (Å²) < 4.78 is 22.4. The molecule has 70 valence electrons. The van der Waals surface area contributed by atoms with Crippen molar-refractivity contribution in [3.8, 4) is 5.75 Å². The van der Waals surface area contributed by atoms with Crippen molar-refractivity contribution < 1.29 is 13.9 Å². The number of benzene rings is 1. The van der Waals surface area contributed by atoms with Gasteiger partial charge in [0, 0.05) is 11.6 Å². The second-order valence-corrected chi connectivity index (χ2v) is 2.41. The molecule has 1 N–H and O–H groups in total.